The zero-order valence-corrected chi connectivity index (χ0v) is 13.5. The fourth-order valence-electron chi connectivity index (χ4n) is 3.28. The average molecular weight is 315 g/mol. The Kier molecular flexibility index (Phi) is 4.20. The van der Waals surface area contributed by atoms with Gasteiger partial charge in [-0.3, -0.25) is 14.5 Å². The molecule has 1 fully saturated rings. The van der Waals surface area contributed by atoms with Crippen LogP contribution in [0.1, 0.15) is 65.3 Å². The number of hydrogen-bond acceptors (Lipinski definition) is 4. The lowest BCUT2D eigenvalue weighted by atomic mass is 9.98. The molecule has 1 atom stereocenters. The molecule has 0 unspecified atom stereocenters. The summed E-state index contributed by atoms with van der Waals surface area (Å²) in [5.74, 6) is -1.33. The lowest BCUT2D eigenvalue weighted by Gasteiger charge is -2.26. The van der Waals surface area contributed by atoms with E-state index in [1.54, 1.807) is 25.1 Å². The number of nitrogens with zero attached hydrogens (tertiary/aromatic N) is 1. The largest absolute Gasteiger partial charge is 0.461 e. The van der Waals surface area contributed by atoms with Gasteiger partial charge in [-0.15, -0.1) is 0 Å². The summed E-state index contributed by atoms with van der Waals surface area (Å²) in [5.41, 5.74) is 1.63. The Morgan fingerprint density at radius 1 is 1.13 bits per heavy atom. The Morgan fingerprint density at radius 2 is 1.78 bits per heavy atom. The highest BCUT2D eigenvalue weighted by molar-refractivity contribution is 6.22. The molecule has 1 aliphatic heterocycles. The van der Waals surface area contributed by atoms with E-state index in [1.807, 2.05) is 6.92 Å². The van der Waals surface area contributed by atoms with Gasteiger partial charge < -0.3 is 4.74 Å². The summed E-state index contributed by atoms with van der Waals surface area (Å²) >= 11 is 0. The molecule has 2 amide bonds. The zero-order chi connectivity index (χ0) is 16.6. The third-order valence-electron chi connectivity index (χ3n) is 4.64. The molecule has 1 heterocycles. The Balaban J connectivity index is 1.75. The molecular formula is C18H21NO4. The Labute approximate surface area is 135 Å². The molecule has 1 aromatic rings. The van der Waals surface area contributed by atoms with Gasteiger partial charge in [-0.2, -0.15) is 0 Å². The lowest BCUT2D eigenvalue weighted by Crippen LogP contribution is -2.44. The predicted molar refractivity (Wildman–Crippen MR) is 84.1 cm³/mol. The van der Waals surface area contributed by atoms with Gasteiger partial charge in [0, 0.05) is 0 Å². The molecule has 23 heavy (non-hydrogen) atoms. The van der Waals surface area contributed by atoms with E-state index in [4.69, 9.17) is 4.74 Å². The molecule has 122 valence electrons. The van der Waals surface area contributed by atoms with Crippen LogP contribution in [-0.4, -0.2) is 34.8 Å². The van der Waals surface area contributed by atoms with E-state index in [2.05, 4.69) is 0 Å². The van der Waals surface area contributed by atoms with Gasteiger partial charge >= 0.3 is 5.97 Å². The molecule has 0 aromatic heterocycles. The average Bonchev–Trinajstić information content (AvgIpc) is 2.78. The maximum atomic E-state index is 12.5. The summed E-state index contributed by atoms with van der Waals surface area (Å²) in [6.45, 7) is 3.42. The third kappa shape index (κ3) is 2.87. The van der Waals surface area contributed by atoms with Gasteiger partial charge in [0.05, 0.1) is 11.1 Å². The molecule has 0 saturated heterocycles. The van der Waals surface area contributed by atoms with Crippen LogP contribution < -0.4 is 0 Å². The highest BCUT2D eigenvalue weighted by Gasteiger charge is 2.41. The molecule has 0 radical (unpaired) electrons. The maximum absolute atomic E-state index is 12.5. The fraction of sp³-hybridized carbons (Fsp3) is 0.500. The van der Waals surface area contributed by atoms with E-state index in [9.17, 15) is 14.4 Å². The maximum Gasteiger partial charge on any atom is 0.329 e. The van der Waals surface area contributed by atoms with Crippen LogP contribution >= 0.6 is 0 Å². The van der Waals surface area contributed by atoms with Crippen molar-refractivity contribution < 1.29 is 19.1 Å². The second-order valence-corrected chi connectivity index (χ2v) is 6.40. The summed E-state index contributed by atoms with van der Waals surface area (Å²) in [5, 5.41) is 0. The van der Waals surface area contributed by atoms with Gasteiger partial charge in [0.1, 0.15) is 12.1 Å². The van der Waals surface area contributed by atoms with Crippen LogP contribution in [0.3, 0.4) is 0 Å². The minimum absolute atomic E-state index is 0.0869. The van der Waals surface area contributed by atoms with Crippen molar-refractivity contribution in [1.29, 1.82) is 0 Å². The first-order chi connectivity index (χ1) is 11.0. The van der Waals surface area contributed by atoms with E-state index in [1.165, 1.54) is 6.42 Å². The van der Waals surface area contributed by atoms with Crippen molar-refractivity contribution in [2.24, 2.45) is 0 Å². The number of benzene rings is 1. The number of ether oxygens (including phenoxy) is 1. The molecule has 0 spiro atoms. The number of carbonyl (C=O) groups excluding carboxylic acids is 3. The number of esters is 1. The molecule has 0 bridgehead atoms. The van der Waals surface area contributed by atoms with Crippen molar-refractivity contribution in [1.82, 2.24) is 4.90 Å². The number of aryl methyl sites for hydroxylation is 1. The molecule has 5 heteroatoms. The van der Waals surface area contributed by atoms with E-state index in [0.29, 0.717) is 11.1 Å². The molecule has 0 N–H and O–H groups in total. The van der Waals surface area contributed by atoms with Crippen LogP contribution in [0.25, 0.3) is 0 Å². The van der Waals surface area contributed by atoms with Crippen LogP contribution in [0.5, 0.6) is 0 Å². The topological polar surface area (TPSA) is 63.7 Å². The first kappa shape index (κ1) is 15.7. The SMILES string of the molecule is Cc1ccc2c(c1)C(=O)N([C@H](C)C(=O)OC1CCCCC1)C2=O. The minimum Gasteiger partial charge on any atom is -0.461 e. The van der Waals surface area contributed by atoms with Crippen molar-refractivity contribution in [2.75, 3.05) is 0 Å². The number of imide groups is 1. The number of fused-ring (bicyclic) bond motifs is 1. The van der Waals surface area contributed by atoms with E-state index >= 15 is 0 Å². The van der Waals surface area contributed by atoms with Crippen LogP contribution in [0, 0.1) is 6.92 Å². The van der Waals surface area contributed by atoms with Crippen LogP contribution in [-0.2, 0) is 9.53 Å². The summed E-state index contributed by atoms with van der Waals surface area (Å²) < 4.78 is 5.50. The number of hydrogen-bond donors (Lipinski definition) is 0. The van der Waals surface area contributed by atoms with E-state index in [-0.39, 0.29) is 6.10 Å². The highest BCUT2D eigenvalue weighted by Crippen LogP contribution is 2.27. The molecule has 3 rings (SSSR count). The monoisotopic (exact) mass is 315 g/mol. The van der Waals surface area contributed by atoms with Crippen molar-refractivity contribution in [2.45, 2.75) is 58.1 Å². The minimum atomic E-state index is -0.898. The number of rotatable bonds is 3. The smallest absolute Gasteiger partial charge is 0.329 e. The predicted octanol–water partition coefficient (Wildman–Crippen LogP) is 2.86. The Hall–Kier alpha value is -2.17. The van der Waals surface area contributed by atoms with Crippen molar-refractivity contribution in [3.63, 3.8) is 0 Å². The third-order valence-corrected chi connectivity index (χ3v) is 4.64. The standard InChI is InChI=1S/C18H21NO4/c1-11-8-9-14-15(10-11)17(21)19(16(14)20)12(2)18(22)23-13-6-4-3-5-7-13/h8-10,12-13H,3-7H2,1-2H3/t12-/m1/s1. The second kappa shape index (κ2) is 6.14. The molecule has 1 aliphatic carbocycles. The molecular weight excluding hydrogens is 294 g/mol. The first-order valence-corrected chi connectivity index (χ1v) is 8.18. The van der Waals surface area contributed by atoms with Gasteiger partial charge in [-0.05, 0) is 51.7 Å². The van der Waals surface area contributed by atoms with Gasteiger partial charge in [-0.25, -0.2) is 4.79 Å². The van der Waals surface area contributed by atoms with Crippen molar-refractivity contribution in [3.8, 4) is 0 Å². The van der Waals surface area contributed by atoms with Gasteiger partial charge in [0.25, 0.3) is 11.8 Å². The Morgan fingerprint density at radius 3 is 2.48 bits per heavy atom. The van der Waals surface area contributed by atoms with Gasteiger partial charge in [0.15, 0.2) is 0 Å². The first-order valence-electron chi connectivity index (χ1n) is 8.18. The summed E-state index contributed by atoms with van der Waals surface area (Å²) in [6.07, 6.45) is 4.91. The molecule has 5 nitrogen and oxygen atoms in total. The van der Waals surface area contributed by atoms with E-state index < -0.39 is 23.8 Å². The molecule has 1 aromatic carbocycles. The highest BCUT2D eigenvalue weighted by atomic mass is 16.5. The van der Waals surface area contributed by atoms with Gasteiger partial charge in [-0.1, -0.05) is 18.1 Å². The van der Waals surface area contributed by atoms with Crippen LogP contribution in [0.15, 0.2) is 18.2 Å². The van der Waals surface area contributed by atoms with Crippen LogP contribution in [0.4, 0.5) is 0 Å². The molecule has 2 aliphatic rings. The normalized spacial score (nSPS) is 19.7. The zero-order valence-electron chi connectivity index (χ0n) is 13.5. The lowest BCUT2D eigenvalue weighted by molar-refractivity contribution is -0.154. The second-order valence-electron chi connectivity index (χ2n) is 6.40. The van der Waals surface area contributed by atoms with Gasteiger partial charge in [0.2, 0.25) is 0 Å². The van der Waals surface area contributed by atoms with Crippen LogP contribution in [0.2, 0.25) is 0 Å². The summed E-state index contributed by atoms with van der Waals surface area (Å²) in [4.78, 5) is 38.3. The summed E-state index contributed by atoms with van der Waals surface area (Å²) in [6, 6.07) is 4.22. The van der Waals surface area contributed by atoms with Crippen molar-refractivity contribution >= 4 is 17.8 Å². The van der Waals surface area contributed by atoms with E-state index in [0.717, 1.165) is 36.1 Å². The summed E-state index contributed by atoms with van der Waals surface area (Å²) in [7, 11) is 0. The molecule has 1 saturated carbocycles. The Bertz CT molecular complexity index is 661. The number of carbonyl (C=O) groups is 3. The fourth-order valence-corrected chi connectivity index (χ4v) is 3.28. The van der Waals surface area contributed by atoms with Crippen molar-refractivity contribution in [3.05, 3.63) is 34.9 Å². The number of amides is 2. The quantitative estimate of drug-likeness (QED) is 0.635.